The van der Waals surface area contributed by atoms with E-state index in [0.717, 1.165) is 12.6 Å². The number of aliphatic hydroxyl groups excluding tert-OH is 1. The Labute approximate surface area is 215 Å². The Morgan fingerprint density at radius 2 is 2.08 bits per heavy atom. The van der Waals surface area contributed by atoms with Gasteiger partial charge in [0.05, 0.1) is 35.9 Å². The first kappa shape index (κ1) is 24.2. The number of carbonyl (C=O) groups excluding carboxylic acids is 2. The van der Waals surface area contributed by atoms with Crippen molar-refractivity contribution in [3.63, 3.8) is 0 Å². The number of pyridine rings is 1. The molecule has 1 saturated carbocycles. The van der Waals surface area contributed by atoms with Crippen LogP contribution in [0.2, 0.25) is 0 Å². The van der Waals surface area contributed by atoms with Crippen molar-refractivity contribution in [2.24, 2.45) is 0 Å². The van der Waals surface area contributed by atoms with Gasteiger partial charge < -0.3 is 29.8 Å². The van der Waals surface area contributed by atoms with Gasteiger partial charge >= 0.3 is 6.09 Å². The number of amides is 2. The normalized spacial score (nSPS) is 23.3. The zero-order valence-corrected chi connectivity index (χ0v) is 20.2. The Hall–Kier alpha value is -4.10. The van der Waals surface area contributed by atoms with Gasteiger partial charge in [0.25, 0.3) is 11.5 Å². The summed E-state index contributed by atoms with van der Waals surface area (Å²) in [7, 11) is 0. The molecule has 6 rings (SSSR count). The lowest BCUT2D eigenvalue weighted by Gasteiger charge is -2.33. The Kier molecular flexibility index (Phi) is 6.16. The lowest BCUT2D eigenvalue weighted by atomic mass is 9.88. The molecule has 4 atom stereocenters. The van der Waals surface area contributed by atoms with Crippen molar-refractivity contribution in [2.75, 3.05) is 23.4 Å². The number of anilines is 2. The first-order valence-corrected chi connectivity index (χ1v) is 12.4. The van der Waals surface area contributed by atoms with Crippen molar-refractivity contribution >= 4 is 34.7 Å². The highest BCUT2D eigenvalue weighted by atomic mass is 19.1. The van der Waals surface area contributed by atoms with Crippen LogP contribution >= 0.6 is 0 Å². The highest BCUT2D eigenvalue weighted by Gasteiger charge is 2.46. The molecule has 1 aliphatic carbocycles. The highest BCUT2D eigenvalue weighted by Crippen LogP contribution is 2.37. The Morgan fingerprint density at radius 3 is 2.95 bits per heavy atom. The van der Waals surface area contributed by atoms with E-state index >= 15 is 0 Å². The molecular weight excluding hydrogens is 499 g/mol. The number of carbonyl (C=O) groups is 2. The second-order valence-electron chi connectivity index (χ2n) is 9.62. The summed E-state index contributed by atoms with van der Waals surface area (Å²) in [6.07, 6.45) is 1.25. The number of rotatable bonds is 6. The summed E-state index contributed by atoms with van der Waals surface area (Å²) in [5.41, 5.74) is 0.347. The van der Waals surface area contributed by atoms with Crippen LogP contribution in [0.4, 0.5) is 20.8 Å². The van der Waals surface area contributed by atoms with Crippen LogP contribution in [-0.4, -0.2) is 69.1 Å². The van der Waals surface area contributed by atoms with Crippen molar-refractivity contribution < 1.29 is 28.6 Å². The SMILES string of the molecule is O=C1COc2ccc(N3C(=O)O[C@H]4C[C@@H](NC[C@@H](O)Cn5c(=O)cnc6ccc(F)cc65)CC[C@@H]43)nc2N1. The minimum absolute atomic E-state index is 0.0221. The first-order valence-electron chi connectivity index (χ1n) is 12.4. The van der Waals surface area contributed by atoms with Crippen LogP contribution < -0.4 is 25.8 Å². The van der Waals surface area contributed by atoms with E-state index in [-0.39, 0.29) is 49.6 Å². The fourth-order valence-electron chi connectivity index (χ4n) is 5.29. The molecule has 0 radical (unpaired) electrons. The lowest BCUT2D eigenvalue weighted by molar-refractivity contribution is -0.118. The van der Waals surface area contributed by atoms with E-state index in [1.165, 1.54) is 27.7 Å². The number of nitrogens with one attached hydrogen (secondary N) is 2. The van der Waals surface area contributed by atoms with Gasteiger partial charge in [-0.3, -0.25) is 14.5 Å². The van der Waals surface area contributed by atoms with Crippen LogP contribution in [-0.2, 0) is 16.1 Å². The maximum Gasteiger partial charge on any atom is 0.416 e. The third-order valence-corrected chi connectivity index (χ3v) is 7.09. The Balaban J connectivity index is 1.08. The van der Waals surface area contributed by atoms with E-state index in [1.807, 2.05) is 0 Å². The zero-order valence-electron chi connectivity index (χ0n) is 20.2. The van der Waals surface area contributed by atoms with E-state index < -0.39 is 23.6 Å². The zero-order chi connectivity index (χ0) is 26.4. The van der Waals surface area contributed by atoms with Crippen LogP contribution in [0.3, 0.4) is 0 Å². The van der Waals surface area contributed by atoms with Gasteiger partial charge in [0.15, 0.2) is 18.2 Å². The summed E-state index contributed by atoms with van der Waals surface area (Å²) in [6, 6.07) is 7.07. The van der Waals surface area contributed by atoms with E-state index in [4.69, 9.17) is 9.47 Å². The molecule has 2 aliphatic heterocycles. The van der Waals surface area contributed by atoms with E-state index in [1.54, 1.807) is 12.1 Å². The molecule has 0 bridgehead atoms. The molecule has 38 heavy (non-hydrogen) atoms. The quantitative estimate of drug-likeness (QED) is 0.432. The lowest BCUT2D eigenvalue weighted by Crippen LogP contribution is -2.47. The summed E-state index contributed by atoms with van der Waals surface area (Å²) in [4.78, 5) is 46.7. The molecule has 1 aromatic carbocycles. The fraction of sp³-hybridized carbons (Fsp3) is 0.400. The number of ether oxygens (including phenoxy) is 2. The average Bonchev–Trinajstić information content (AvgIpc) is 3.23. The van der Waals surface area contributed by atoms with Crippen molar-refractivity contribution in [3.8, 4) is 5.75 Å². The number of nitrogens with zero attached hydrogens (tertiary/aromatic N) is 4. The van der Waals surface area contributed by atoms with Crippen LogP contribution in [0.1, 0.15) is 19.3 Å². The number of benzene rings is 1. The molecule has 12 nitrogen and oxygen atoms in total. The number of fused-ring (bicyclic) bond motifs is 3. The largest absolute Gasteiger partial charge is 0.480 e. The minimum atomic E-state index is -0.918. The number of aromatic nitrogens is 3. The van der Waals surface area contributed by atoms with Crippen LogP contribution in [0.5, 0.6) is 5.75 Å². The van der Waals surface area contributed by atoms with Crippen molar-refractivity contribution in [1.29, 1.82) is 0 Å². The van der Waals surface area contributed by atoms with E-state index in [0.29, 0.717) is 35.4 Å². The number of aliphatic hydroxyl groups is 1. The first-order chi connectivity index (χ1) is 18.4. The van der Waals surface area contributed by atoms with Gasteiger partial charge in [-0.1, -0.05) is 0 Å². The smallest absolute Gasteiger partial charge is 0.416 e. The standard InChI is InChI=1S/C25H25FN6O6/c26-13-1-3-16-18(7-13)31(23(35)10-28-16)11-15(33)9-27-14-2-4-17-20(8-14)38-25(36)32(17)21-6-5-19-24(29-21)30-22(34)12-37-19/h1,3,5-7,10,14-15,17,20,27,33H,2,4,8-9,11-12H2,(H,29,30,34)/t14-,15+,17-,20-/m0/s1. The monoisotopic (exact) mass is 524 g/mol. The highest BCUT2D eigenvalue weighted by molar-refractivity contribution is 5.95. The second-order valence-corrected chi connectivity index (χ2v) is 9.62. The van der Waals surface area contributed by atoms with Gasteiger partial charge in [-0.05, 0) is 43.2 Å². The van der Waals surface area contributed by atoms with E-state index in [2.05, 4.69) is 20.6 Å². The average molecular weight is 525 g/mol. The number of hydrogen-bond donors (Lipinski definition) is 3. The Morgan fingerprint density at radius 1 is 1.21 bits per heavy atom. The van der Waals surface area contributed by atoms with Gasteiger partial charge in [-0.15, -0.1) is 0 Å². The summed E-state index contributed by atoms with van der Waals surface area (Å²) in [5, 5.41) is 16.6. The van der Waals surface area contributed by atoms with Gasteiger partial charge in [0, 0.05) is 19.0 Å². The molecule has 3 aromatic rings. The van der Waals surface area contributed by atoms with Gasteiger partial charge in [-0.25, -0.2) is 19.2 Å². The molecule has 1 saturated heterocycles. The van der Waals surface area contributed by atoms with Crippen LogP contribution in [0.25, 0.3) is 11.0 Å². The topological polar surface area (TPSA) is 148 Å². The maximum atomic E-state index is 13.8. The molecule has 2 fully saturated rings. The molecule has 4 heterocycles. The summed E-state index contributed by atoms with van der Waals surface area (Å²) in [6.45, 7) is 0.0828. The molecule has 2 amide bonds. The second kappa shape index (κ2) is 9.65. The van der Waals surface area contributed by atoms with Crippen molar-refractivity contribution in [3.05, 3.63) is 52.7 Å². The predicted molar refractivity (Wildman–Crippen MR) is 133 cm³/mol. The van der Waals surface area contributed by atoms with Crippen LogP contribution in [0, 0.1) is 5.82 Å². The molecule has 13 heteroatoms. The minimum Gasteiger partial charge on any atom is -0.480 e. The molecule has 3 aliphatic rings. The molecule has 2 aromatic heterocycles. The maximum absolute atomic E-state index is 13.8. The van der Waals surface area contributed by atoms with Crippen molar-refractivity contribution in [2.45, 2.75) is 50.1 Å². The number of hydrogen-bond acceptors (Lipinski definition) is 9. The molecule has 198 valence electrons. The molecule has 0 unspecified atom stereocenters. The molecular formula is C25H25FN6O6. The van der Waals surface area contributed by atoms with Crippen LogP contribution in [0.15, 0.2) is 41.3 Å². The fourth-order valence-corrected chi connectivity index (χ4v) is 5.29. The summed E-state index contributed by atoms with van der Waals surface area (Å²) >= 11 is 0. The van der Waals surface area contributed by atoms with Gasteiger partial charge in [0.2, 0.25) is 0 Å². The summed E-state index contributed by atoms with van der Waals surface area (Å²) < 4.78 is 26.0. The third kappa shape index (κ3) is 4.54. The van der Waals surface area contributed by atoms with E-state index in [9.17, 15) is 23.9 Å². The third-order valence-electron chi connectivity index (χ3n) is 7.09. The van der Waals surface area contributed by atoms with Gasteiger partial charge in [-0.2, -0.15) is 0 Å². The number of halogens is 1. The molecule has 0 spiro atoms. The predicted octanol–water partition coefficient (Wildman–Crippen LogP) is 1.16. The Bertz CT molecular complexity index is 1480. The van der Waals surface area contributed by atoms with Crippen molar-refractivity contribution in [1.82, 2.24) is 19.9 Å². The van der Waals surface area contributed by atoms with Gasteiger partial charge in [0.1, 0.15) is 17.7 Å². The summed E-state index contributed by atoms with van der Waals surface area (Å²) in [5.74, 6) is 0.276. The molecule has 3 N–H and O–H groups in total.